The molecule has 2 aliphatic rings. The van der Waals surface area contributed by atoms with Gasteiger partial charge in [-0.1, -0.05) is 30.3 Å². The van der Waals surface area contributed by atoms with Crippen LogP contribution in [0.2, 0.25) is 0 Å². The lowest BCUT2D eigenvalue weighted by Crippen LogP contribution is -2.41. The molecule has 3 heteroatoms. The normalized spacial score (nSPS) is 24.7. The van der Waals surface area contributed by atoms with Gasteiger partial charge in [0.1, 0.15) is 0 Å². The quantitative estimate of drug-likeness (QED) is 0.927. The van der Waals surface area contributed by atoms with Crippen molar-refractivity contribution in [3.05, 3.63) is 35.9 Å². The summed E-state index contributed by atoms with van der Waals surface area (Å²) in [5, 5.41) is 3.00. The second-order valence-corrected chi connectivity index (χ2v) is 6.83. The van der Waals surface area contributed by atoms with Crippen LogP contribution < -0.4 is 5.32 Å². The average molecular weight is 300 g/mol. The van der Waals surface area contributed by atoms with Gasteiger partial charge in [-0.15, -0.1) is 0 Å². The van der Waals surface area contributed by atoms with Gasteiger partial charge < -0.3 is 10.2 Å². The third-order valence-electron chi connectivity index (χ3n) is 5.35. The lowest BCUT2D eigenvalue weighted by Gasteiger charge is -2.37. The minimum Gasteiger partial charge on any atom is -0.356 e. The maximum atomic E-state index is 11.5. The van der Waals surface area contributed by atoms with Gasteiger partial charge in [0, 0.05) is 19.0 Å². The summed E-state index contributed by atoms with van der Waals surface area (Å²) in [7, 11) is 0. The number of carbonyl (C=O) groups is 1. The highest BCUT2D eigenvalue weighted by Gasteiger charge is 2.26. The summed E-state index contributed by atoms with van der Waals surface area (Å²) in [6.45, 7) is 3.30. The van der Waals surface area contributed by atoms with Crippen LogP contribution in [0.25, 0.3) is 0 Å². The summed E-state index contributed by atoms with van der Waals surface area (Å²) < 4.78 is 0. The third-order valence-corrected chi connectivity index (χ3v) is 5.35. The molecule has 0 aromatic heterocycles. The molecule has 1 amide bonds. The molecule has 1 atom stereocenters. The number of benzene rings is 1. The van der Waals surface area contributed by atoms with Gasteiger partial charge in [0.05, 0.1) is 0 Å². The number of carbonyl (C=O) groups excluding carboxylic acids is 1. The van der Waals surface area contributed by atoms with E-state index in [0.29, 0.717) is 12.5 Å². The minimum atomic E-state index is 0.236. The number of hydrogen-bond donors (Lipinski definition) is 1. The van der Waals surface area contributed by atoms with Crippen LogP contribution in [0.4, 0.5) is 0 Å². The van der Waals surface area contributed by atoms with Crippen molar-refractivity contribution >= 4 is 5.91 Å². The molecule has 0 spiro atoms. The fourth-order valence-electron chi connectivity index (χ4n) is 3.90. The van der Waals surface area contributed by atoms with Crippen LogP contribution in [0.3, 0.4) is 0 Å². The summed E-state index contributed by atoms with van der Waals surface area (Å²) in [5.41, 5.74) is 1.47. The van der Waals surface area contributed by atoms with Gasteiger partial charge in [-0.25, -0.2) is 0 Å². The van der Waals surface area contributed by atoms with E-state index >= 15 is 0 Å². The monoisotopic (exact) mass is 300 g/mol. The zero-order valence-corrected chi connectivity index (χ0v) is 13.5. The van der Waals surface area contributed by atoms with E-state index < -0.39 is 0 Å². The standard InChI is InChI=1S/C19H28N2O/c22-19-9-8-18(10-13-20-19)21-14-11-17(12-15-21)7-6-16-4-2-1-3-5-16/h1-5,17-18H,6-15H2,(H,20,22)/t18-/m0/s1. The number of piperidine rings is 1. The zero-order valence-electron chi connectivity index (χ0n) is 13.5. The summed E-state index contributed by atoms with van der Waals surface area (Å²) in [5.74, 6) is 1.11. The summed E-state index contributed by atoms with van der Waals surface area (Å²) in [4.78, 5) is 14.1. The SMILES string of the molecule is O=C1CC[C@H](N2CCC(CCc3ccccc3)CC2)CCN1. The van der Waals surface area contributed by atoms with Crippen molar-refractivity contribution in [3.8, 4) is 0 Å². The number of hydrogen-bond acceptors (Lipinski definition) is 2. The van der Waals surface area contributed by atoms with E-state index in [-0.39, 0.29) is 5.91 Å². The molecule has 2 aliphatic heterocycles. The molecule has 0 bridgehead atoms. The van der Waals surface area contributed by atoms with E-state index in [9.17, 15) is 4.79 Å². The first-order chi connectivity index (χ1) is 10.8. The maximum absolute atomic E-state index is 11.5. The highest BCUT2D eigenvalue weighted by Crippen LogP contribution is 2.26. The van der Waals surface area contributed by atoms with E-state index in [1.54, 1.807) is 0 Å². The Bertz CT molecular complexity index is 466. The number of nitrogens with one attached hydrogen (secondary N) is 1. The van der Waals surface area contributed by atoms with Crippen molar-refractivity contribution < 1.29 is 4.79 Å². The highest BCUT2D eigenvalue weighted by molar-refractivity contribution is 5.76. The third kappa shape index (κ3) is 4.33. The molecule has 2 saturated heterocycles. The second kappa shape index (κ2) is 7.77. The van der Waals surface area contributed by atoms with Crippen LogP contribution in [0.5, 0.6) is 0 Å². The Morgan fingerprint density at radius 1 is 1.05 bits per heavy atom. The van der Waals surface area contributed by atoms with Crippen molar-refractivity contribution in [1.29, 1.82) is 0 Å². The fourth-order valence-corrected chi connectivity index (χ4v) is 3.90. The molecule has 1 aromatic rings. The van der Waals surface area contributed by atoms with Crippen molar-refractivity contribution in [3.63, 3.8) is 0 Å². The molecule has 3 nitrogen and oxygen atoms in total. The molecule has 22 heavy (non-hydrogen) atoms. The molecule has 0 unspecified atom stereocenters. The molecule has 3 rings (SSSR count). The minimum absolute atomic E-state index is 0.236. The summed E-state index contributed by atoms with van der Waals surface area (Å²) in [6, 6.07) is 11.5. The van der Waals surface area contributed by atoms with E-state index in [0.717, 1.165) is 25.3 Å². The molecular formula is C19H28N2O. The van der Waals surface area contributed by atoms with Gasteiger partial charge in [-0.2, -0.15) is 0 Å². The van der Waals surface area contributed by atoms with Crippen LogP contribution >= 0.6 is 0 Å². The molecule has 0 radical (unpaired) electrons. The molecule has 2 heterocycles. The van der Waals surface area contributed by atoms with Gasteiger partial charge in [0.15, 0.2) is 0 Å². The smallest absolute Gasteiger partial charge is 0.220 e. The van der Waals surface area contributed by atoms with E-state index in [4.69, 9.17) is 0 Å². The predicted molar refractivity (Wildman–Crippen MR) is 89.7 cm³/mol. The van der Waals surface area contributed by atoms with E-state index in [1.807, 2.05) is 0 Å². The number of nitrogens with zero attached hydrogens (tertiary/aromatic N) is 1. The van der Waals surface area contributed by atoms with Crippen LogP contribution in [0.15, 0.2) is 30.3 Å². The molecule has 1 N–H and O–H groups in total. The van der Waals surface area contributed by atoms with Gasteiger partial charge in [-0.05, 0) is 63.1 Å². The molecule has 2 fully saturated rings. The molecule has 0 aliphatic carbocycles. The van der Waals surface area contributed by atoms with Crippen molar-refractivity contribution in [2.24, 2.45) is 5.92 Å². The fraction of sp³-hybridized carbons (Fsp3) is 0.632. The Hall–Kier alpha value is -1.35. The largest absolute Gasteiger partial charge is 0.356 e. The predicted octanol–water partition coefficient (Wildman–Crippen LogP) is 3.00. The first-order valence-corrected chi connectivity index (χ1v) is 8.86. The number of amides is 1. The van der Waals surface area contributed by atoms with Crippen molar-refractivity contribution in [2.45, 2.75) is 51.0 Å². The van der Waals surface area contributed by atoms with Gasteiger partial charge in [0.25, 0.3) is 0 Å². The molecule has 120 valence electrons. The lowest BCUT2D eigenvalue weighted by atomic mass is 9.89. The Balaban J connectivity index is 1.41. The molecule has 1 aromatic carbocycles. The first-order valence-electron chi connectivity index (χ1n) is 8.86. The van der Waals surface area contributed by atoms with Gasteiger partial charge >= 0.3 is 0 Å². The Labute approximate surface area is 134 Å². The summed E-state index contributed by atoms with van der Waals surface area (Å²) in [6.07, 6.45) is 8.06. The van der Waals surface area contributed by atoms with E-state index in [1.165, 1.54) is 44.3 Å². The number of rotatable bonds is 4. The first kappa shape index (κ1) is 15.5. The van der Waals surface area contributed by atoms with E-state index in [2.05, 4.69) is 40.5 Å². The topological polar surface area (TPSA) is 32.3 Å². The number of likely N-dealkylation sites (tertiary alicyclic amines) is 1. The summed E-state index contributed by atoms with van der Waals surface area (Å²) >= 11 is 0. The number of aryl methyl sites for hydroxylation is 1. The Morgan fingerprint density at radius 3 is 2.59 bits per heavy atom. The molecule has 0 saturated carbocycles. The Kier molecular flexibility index (Phi) is 5.49. The van der Waals surface area contributed by atoms with Crippen molar-refractivity contribution in [2.75, 3.05) is 19.6 Å². The van der Waals surface area contributed by atoms with Crippen LogP contribution in [0.1, 0.15) is 44.1 Å². The highest BCUT2D eigenvalue weighted by atomic mass is 16.1. The van der Waals surface area contributed by atoms with Gasteiger partial charge in [0.2, 0.25) is 5.91 Å². The average Bonchev–Trinajstić information content (AvgIpc) is 2.79. The maximum Gasteiger partial charge on any atom is 0.220 e. The Morgan fingerprint density at radius 2 is 1.82 bits per heavy atom. The van der Waals surface area contributed by atoms with Crippen LogP contribution in [-0.4, -0.2) is 36.5 Å². The second-order valence-electron chi connectivity index (χ2n) is 6.83. The van der Waals surface area contributed by atoms with Gasteiger partial charge in [-0.3, -0.25) is 4.79 Å². The van der Waals surface area contributed by atoms with Crippen LogP contribution in [-0.2, 0) is 11.2 Å². The molecular weight excluding hydrogens is 272 g/mol. The van der Waals surface area contributed by atoms with Crippen LogP contribution in [0, 0.1) is 5.92 Å². The van der Waals surface area contributed by atoms with Crippen molar-refractivity contribution in [1.82, 2.24) is 10.2 Å². The lowest BCUT2D eigenvalue weighted by molar-refractivity contribution is -0.120. The zero-order chi connectivity index (χ0) is 15.2.